The Bertz CT molecular complexity index is 477. The van der Waals surface area contributed by atoms with E-state index >= 15 is 0 Å². The second-order valence-electron chi connectivity index (χ2n) is 7.23. The minimum Gasteiger partial charge on any atom is -0.444 e. The largest absolute Gasteiger partial charge is 0.444 e. The molecule has 0 saturated carbocycles. The van der Waals surface area contributed by atoms with Crippen molar-refractivity contribution in [2.45, 2.75) is 72.7 Å². The highest BCUT2D eigenvalue weighted by molar-refractivity contribution is 5.67. The predicted molar refractivity (Wildman–Crippen MR) is 92.2 cm³/mol. The molecule has 1 amide bonds. The van der Waals surface area contributed by atoms with Crippen LogP contribution in [0.3, 0.4) is 0 Å². The molecule has 23 heavy (non-hydrogen) atoms. The fourth-order valence-electron chi connectivity index (χ4n) is 2.15. The molecule has 0 aromatic carbocycles. The normalized spacial score (nSPS) is 13.2. The van der Waals surface area contributed by atoms with Gasteiger partial charge in [0, 0.05) is 37.4 Å². The SMILES string of the molecule is CCCn1cc(CNC(CNC(=O)OC(C)(C)C)C(C)C)cn1. The van der Waals surface area contributed by atoms with Crippen LogP contribution < -0.4 is 10.6 Å². The van der Waals surface area contributed by atoms with Gasteiger partial charge >= 0.3 is 6.09 Å². The monoisotopic (exact) mass is 324 g/mol. The lowest BCUT2D eigenvalue weighted by atomic mass is 10.0. The van der Waals surface area contributed by atoms with Crippen LogP contribution in [0.4, 0.5) is 4.79 Å². The molecule has 1 heterocycles. The number of carbonyl (C=O) groups excluding carboxylic acids is 1. The summed E-state index contributed by atoms with van der Waals surface area (Å²) in [5.41, 5.74) is 0.681. The first-order valence-electron chi connectivity index (χ1n) is 8.43. The average molecular weight is 324 g/mol. The third-order valence-electron chi connectivity index (χ3n) is 3.38. The lowest BCUT2D eigenvalue weighted by molar-refractivity contribution is 0.0519. The van der Waals surface area contributed by atoms with Gasteiger partial charge in [-0.05, 0) is 33.1 Å². The van der Waals surface area contributed by atoms with Crippen molar-refractivity contribution in [3.63, 3.8) is 0 Å². The van der Waals surface area contributed by atoms with E-state index in [4.69, 9.17) is 4.74 Å². The maximum absolute atomic E-state index is 11.8. The molecule has 0 radical (unpaired) electrons. The van der Waals surface area contributed by atoms with E-state index in [-0.39, 0.29) is 12.1 Å². The Balaban J connectivity index is 2.44. The number of alkyl carbamates (subject to hydrolysis) is 1. The number of ether oxygens (including phenoxy) is 1. The van der Waals surface area contributed by atoms with Crippen molar-refractivity contribution in [3.05, 3.63) is 18.0 Å². The molecule has 0 aliphatic rings. The van der Waals surface area contributed by atoms with Crippen molar-refractivity contribution in [1.29, 1.82) is 0 Å². The molecule has 1 atom stereocenters. The zero-order chi connectivity index (χ0) is 17.5. The number of carbonyl (C=O) groups is 1. The van der Waals surface area contributed by atoms with Gasteiger partial charge in [-0.25, -0.2) is 4.79 Å². The van der Waals surface area contributed by atoms with Crippen LogP contribution in [-0.2, 0) is 17.8 Å². The standard InChI is InChI=1S/C17H32N4O2/c1-7-8-21-12-14(10-20-21)9-18-15(13(2)3)11-19-16(22)23-17(4,5)6/h10,12-13,15,18H,7-9,11H2,1-6H3,(H,19,22). The first kappa shape index (κ1) is 19.5. The summed E-state index contributed by atoms with van der Waals surface area (Å²) in [6.07, 6.45) is 4.65. The van der Waals surface area contributed by atoms with Gasteiger partial charge in [0.25, 0.3) is 0 Å². The minimum atomic E-state index is -0.474. The van der Waals surface area contributed by atoms with Crippen molar-refractivity contribution in [2.24, 2.45) is 5.92 Å². The Morgan fingerprint density at radius 1 is 1.39 bits per heavy atom. The number of nitrogens with zero attached hydrogens (tertiary/aromatic N) is 2. The van der Waals surface area contributed by atoms with Gasteiger partial charge in [0.1, 0.15) is 5.60 Å². The number of rotatable bonds is 8. The van der Waals surface area contributed by atoms with Crippen LogP contribution in [0.15, 0.2) is 12.4 Å². The topological polar surface area (TPSA) is 68.2 Å². The van der Waals surface area contributed by atoms with Gasteiger partial charge in [0.2, 0.25) is 0 Å². The predicted octanol–water partition coefficient (Wildman–Crippen LogP) is 2.93. The molecule has 0 bridgehead atoms. The maximum atomic E-state index is 11.8. The molecule has 1 aromatic rings. The number of amides is 1. The Labute approximate surface area is 140 Å². The van der Waals surface area contributed by atoms with Crippen LogP contribution in [0, 0.1) is 5.92 Å². The number of aromatic nitrogens is 2. The van der Waals surface area contributed by atoms with Crippen LogP contribution >= 0.6 is 0 Å². The summed E-state index contributed by atoms with van der Waals surface area (Å²) in [4.78, 5) is 11.8. The molecule has 0 aliphatic heterocycles. The van der Waals surface area contributed by atoms with Crippen molar-refractivity contribution in [3.8, 4) is 0 Å². The Hall–Kier alpha value is -1.56. The number of hydrogen-bond donors (Lipinski definition) is 2. The molecule has 132 valence electrons. The van der Waals surface area contributed by atoms with E-state index in [0.29, 0.717) is 12.5 Å². The second-order valence-corrected chi connectivity index (χ2v) is 7.23. The van der Waals surface area contributed by atoms with Gasteiger partial charge in [-0.3, -0.25) is 4.68 Å². The van der Waals surface area contributed by atoms with Crippen molar-refractivity contribution in [1.82, 2.24) is 20.4 Å². The maximum Gasteiger partial charge on any atom is 0.407 e. The van der Waals surface area contributed by atoms with E-state index in [1.165, 1.54) is 0 Å². The zero-order valence-electron chi connectivity index (χ0n) is 15.3. The van der Waals surface area contributed by atoms with Crippen LogP contribution in [0.2, 0.25) is 0 Å². The van der Waals surface area contributed by atoms with E-state index in [2.05, 4.69) is 42.7 Å². The molecule has 6 heteroatoms. The molecule has 1 aromatic heterocycles. The summed E-state index contributed by atoms with van der Waals surface area (Å²) < 4.78 is 7.23. The van der Waals surface area contributed by atoms with E-state index < -0.39 is 5.60 Å². The quantitative estimate of drug-likeness (QED) is 0.771. The summed E-state index contributed by atoms with van der Waals surface area (Å²) >= 11 is 0. The van der Waals surface area contributed by atoms with Crippen molar-refractivity contribution < 1.29 is 9.53 Å². The Kier molecular flexibility index (Phi) is 7.55. The van der Waals surface area contributed by atoms with Crippen molar-refractivity contribution >= 4 is 6.09 Å². The highest BCUT2D eigenvalue weighted by Crippen LogP contribution is 2.08. The fraction of sp³-hybridized carbons (Fsp3) is 0.765. The second kappa shape index (κ2) is 8.91. The molecule has 0 spiro atoms. The molecule has 1 rings (SSSR count). The van der Waals surface area contributed by atoms with E-state index in [1.54, 1.807) is 0 Å². The molecule has 0 fully saturated rings. The highest BCUT2D eigenvalue weighted by Gasteiger charge is 2.19. The third-order valence-corrected chi connectivity index (χ3v) is 3.38. The van der Waals surface area contributed by atoms with E-state index in [0.717, 1.165) is 25.1 Å². The molecular weight excluding hydrogens is 292 g/mol. The summed E-state index contributed by atoms with van der Waals surface area (Å²) in [6.45, 7) is 14.2. The van der Waals surface area contributed by atoms with Crippen LogP contribution in [0.1, 0.15) is 53.5 Å². The molecular formula is C17H32N4O2. The van der Waals surface area contributed by atoms with Gasteiger partial charge in [-0.15, -0.1) is 0 Å². The van der Waals surface area contributed by atoms with Crippen LogP contribution in [-0.4, -0.2) is 34.1 Å². The van der Waals surface area contributed by atoms with Crippen LogP contribution in [0.25, 0.3) is 0 Å². The summed E-state index contributed by atoms with van der Waals surface area (Å²) in [5.74, 6) is 0.399. The van der Waals surface area contributed by atoms with Gasteiger partial charge in [-0.2, -0.15) is 5.10 Å². The van der Waals surface area contributed by atoms with Gasteiger partial charge in [0.15, 0.2) is 0 Å². The Morgan fingerprint density at radius 3 is 2.65 bits per heavy atom. The lowest BCUT2D eigenvalue weighted by Crippen LogP contribution is -2.45. The van der Waals surface area contributed by atoms with E-state index in [9.17, 15) is 4.79 Å². The lowest BCUT2D eigenvalue weighted by Gasteiger charge is -2.24. The molecule has 0 aliphatic carbocycles. The summed E-state index contributed by atoms with van der Waals surface area (Å²) in [7, 11) is 0. The minimum absolute atomic E-state index is 0.178. The molecule has 0 saturated heterocycles. The Morgan fingerprint density at radius 2 is 2.09 bits per heavy atom. The van der Waals surface area contributed by atoms with Gasteiger partial charge in [-0.1, -0.05) is 20.8 Å². The number of nitrogens with one attached hydrogen (secondary N) is 2. The molecule has 6 nitrogen and oxygen atoms in total. The van der Waals surface area contributed by atoms with Gasteiger partial charge in [0.05, 0.1) is 6.20 Å². The highest BCUT2D eigenvalue weighted by atomic mass is 16.6. The first-order chi connectivity index (χ1) is 10.7. The van der Waals surface area contributed by atoms with Crippen molar-refractivity contribution in [2.75, 3.05) is 6.54 Å². The summed E-state index contributed by atoms with van der Waals surface area (Å²) in [5, 5.41) is 10.7. The number of aryl methyl sites for hydroxylation is 1. The zero-order valence-corrected chi connectivity index (χ0v) is 15.3. The van der Waals surface area contributed by atoms with Gasteiger partial charge < -0.3 is 15.4 Å². The summed E-state index contributed by atoms with van der Waals surface area (Å²) in [6, 6.07) is 0.178. The van der Waals surface area contributed by atoms with Crippen LogP contribution in [0.5, 0.6) is 0 Å². The average Bonchev–Trinajstić information content (AvgIpc) is 2.84. The smallest absolute Gasteiger partial charge is 0.407 e. The molecule has 2 N–H and O–H groups in total. The third kappa shape index (κ3) is 8.02. The fourth-order valence-corrected chi connectivity index (χ4v) is 2.15. The number of hydrogen-bond acceptors (Lipinski definition) is 4. The van der Waals surface area contributed by atoms with E-state index in [1.807, 2.05) is 31.6 Å². The first-order valence-corrected chi connectivity index (χ1v) is 8.43. The molecule has 1 unspecified atom stereocenters.